The van der Waals surface area contributed by atoms with Gasteiger partial charge in [-0.05, 0) is 31.4 Å². The summed E-state index contributed by atoms with van der Waals surface area (Å²) in [7, 11) is 0. The standard InChI is InChI=1S/C13H14N2O3S/c16-12(17)9-4-1-5-10-11(9)15-13(19-10)14-7-8-3-2-6-18-8/h2-3,6,9H,1,4-5,7H2,(H,14,15)(H,16,17). The van der Waals surface area contributed by atoms with Gasteiger partial charge in [-0.15, -0.1) is 11.3 Å². The summed E-state index contributed by atoms with van der Waals surface area (Å²) in [6.45, 7) is 0.567. The number of carboxylic acid groups (broad SMARTS) is 1. The fourth-order valence-electron chi connectivity index (χ4n) is 2.31. The van der Waals surface area contributed by atoms with Crippen molar-refractivity contribution in [3.63, 3.8) is 0 Å². The van der Waals surface area contributed by atoms with Crippen LogP contribution in [0.1, 0.15) is 35.1 Å². The molecule has 0 fully saturated rings. The number of rotatable bonds is 4. The molecule has 1 unspecified atom stereocenters. The van der Waals surface area contributed by atoms with Crippen LogP contribution in [0.25, 0.3) is 0 Å². The van der Waals surface area contributed by atoms with E-state index in [0.29, 0.717) is 13.0 Å². The predicted molar refractivity (Wildman–Crippen MR) is 71.5 cm³/mol. The summed E-state index contributed by atoms with van der Waals surface area (Å²) in [4.78, 5) is 16.7. The Morgan fingerprint density at radius 3 is 3.26 bits per heavy atom. The molecule has 2 heterocycles. The molecular weight excluding hydrogens is 264 g/mol. The third-order valence-electron chi connectivity index (χ3n) is 3.25. The first-order valence-corrected chi connectivity index (χ1v) is 7.04. The van der Waals surface area contributed by atoms with E-state index in [1.165, 1.54) is 0 Å². The van der Waals surface area contributed by atoms with Gasteiger partial charge in [0.1, 0.15) is 11.7 Å². The molecule has 1 atom stereocenters. The third-order valence-corrected chi connectivity index (χ3v) is 4.33. The van der Waals surface area contributed by atoms with Crippen molar-refractivity contribution in [3.8, 4) is 0 Å². The molecule has 1 aliphatic rings. The number of fused-ring (bicyclic) bond motifs is 1. The fourth-order valence-corrected chi connectivity index (χ4v) is 3.37. The number of carbonyl (C=O) groups is 1. The topological polar surface area (TPSA) is 75.4 Å². The van der Waals surface area contributed by atoms with Crippen molar-refractivity contribution >= 4 is 22.4 Å². The number of nitrogens with zero attached hydrogens (tertiary/aromatic N) is 1. The van der Waals surface area contributed by atoms with Crippen molar-refractivity contribution in [2.75, 3.05) is 5.32 Å². The molecule has 0 saturated heterocycles. The van der Waals surface area contributed by atoms with Crippen LogP contribution < -0.4 is 5.32 Å². The molecule has 19 heavy (non-hydrogen) atoms. The minimum Gasteiger partial charge on any atom is -0.481 e. The number of hydrogen-bond donors (Lipinski definition) is 2. The van der Waals surface area contributed by atoms with Crippen LogP contribution in [0.2, 0.25) is 0 Å². The van der Waals surface area contributed by atoms with Gasteiger partial charge < -0.3 is 14.8 Å². The maximum absolute atomic E-state index is 11.2. The van der Waals surface area contributed by atoms with E-state index in [1.54, 1.807) is 17.6 Å². The van der Waals surface area contributed by atoms with Gasteiger partial charge in [0.2, 0.25) is 0 Å². The molecule has 1 aliphatic carbocycles. The second-order valence-electron chi connectivity index (χ2n) is 4.54. The van der Waals surface area contributed by atoms with E-state index < -0.39 is 11.9 Å². The summed E-state index contributed by atoms with van der Waals surface area (Å²) in [5.41, 5.74) is 0.741. The van der Waals surface area contributed by atoms with Crippen LogP contribution in [-0.2, 0) is 17.8 Å². The van der Waals surface area contributed by atoms with E-state index in [9.17, 15) is 9.90 Å². The van der Waals surface area contributed by atoms with Crippen LogP contribution >= 0.6 is 11.3 Å². The Balaban J connectivity index is 1.76. The first kappa shape index (κ1) is 12.2. The third kappa shape index (κ3) is 2.49. The molecule has 2 aromatic heterocycles. The van der Waals surface area contributed by atoms with Crippen LogP contribution in [0, 0.1) is 0 Å². The van der Waals surface area contributed by atoms with E-state index in [4.69, 9.17) is 4.42 Å². The molecule has 5 nitrogen and oxygen atoms in total. The molecule has 0 amide bonds. The van der Waals surface area contributed by atoms with E-state index in [0.717, 1.165) is 34.3 Å². The zero-order valence-corrected chi connectivity index (χ0v) is 11.1. The Hall–Kier alpha value is -1.82. The lowest BCUT2D eigenvalue weighted by Crippen LogP contribution is -2.17. The van der Waals surface area contributed by atoms with Crippen LogP contribution in [-0.4, -0.2) is 16.1 Å². The molecule has 0 saturated carbocycles. The van der Waals surface area contributed by atoms with Crippen LogP contribution in [0.5, 0.6) is 0 Å². The number of aromatic nitrogens is 1. The molecule has 2 N–H and O–H groups in total. The number of hydrogen-bond acceptors (Lipinski definition) is 5. The molecule has 3 rings (SSSR count). The van der Waals surface area contributed by atoms with Gasteiger partial charge in [-0.2, -0.15) is 0 Å². The summed E-state index contributed by atoms with van der Waals surface area (Å²) >= 11 is 1.55. The molecule has 100 valence electrons. The summed E-state index contributed by atoms with van der Waals surface area (Å²) in [6, 6.07) is 3.73. The maximum atomic E-state index is 11.2. The number of nitrogens with one attached hydrogen (secondary N) is 1. The van der Waals surface area contributed by atoms with Gasteiger partial charge in [0.15, 0.2) is 5.13 Å². The molecule has 0 aliphatic heterocycles. The van der Waals surface area contributed by atoms with Gasteiger partial charge in [0.05, 0.1) is 18.5 Å². The van der Waals surface area contributed by atoms with Gasteiger partial charge in [-0.25, -0.2) is 4.98 Å². The van der Waals surface area contributed by atoms with Crippen LogP contribution in [0.3, 0.4) is 0 Å². The highest BCUT2D eigenvalue weighted by Crippen LogP contribution is 2.36. The van der Waals surface area contributed by atoms with E-state index in [-0.39, 0.29) is 0 Å². The first-order chi connectivity index (χ1) is 9.24. The highest BCUT2D eigenvalue weighted by molar-refractivity contribution is 7.15. The van der Waals surface area contributed by atoms with E-state index >= 15 is 0 Å². The van der Waals surface area contributed by atoms with Crippen molar-refractivity contribution < 1.29 is 14.3 Å². The number of aliphatic carboxylic acids is 1. The maximum Gasteiger partial charge on any atom is 0.312 e. The largest absolute Gasteiger partial charge is 0.481 e. The molecule has 0 aromatic carbocycles. The molecule has 0 radical (unpaired) electrons. The molecular formula is C13H14N2O3S. The van der Waals surface area contributed by atoms with Crippen molar-refractivity contribution in [2.45, 2.75) is 31.7 Å². The number of aryl methyl sites for hydroxylation is 1. The lowest BCUT2D eigenvalue weighted by atomic mass is 9.91. The Morgan fingerprint density at radius 2 is 2.53 bits per heavy atom. The Bertz CT molecular complexity index is 577. The van der Waals surface area contributed by atoms with E-state index in [2.05, 4.69) is 10.3 Å². The fraction of sp³-hybridized carbons (Fsp3) is 0.385. The van der Waals surface area contributed by atoms with Crippen molar-refractivity contribution in [1.82, 2.24) is 4.98 Å². The lowest BCUT2D eigenvalue weighted by molar-refractivity contribution is -0.139. The zero-order chi connectivity index (χ0) is 13.2. The SMILES string of the molecule is O=C(O)C1CCCc2sc(NCc3ccco3)nc21. The molecule has 6 heteroatoms. The Morgan fingerprint density at radius 1 is 1.63 bits per heavy atom. The quantitative estimate of drug-likeness (QED) is 0.899. The van der Waals surface area contributed by atoms with Gasteiger partial charge in [0, 0.05) is 4.88 Å². The molecule has 0 bridgehead atoms. The van der Waals surface area contributed by atoms with Crippen molar-refractivity contribution in [2.24, 2.45) is 0 Å². The summed E-state index contributed by atoms with van der Waals surface area (Å²) in [6.07, 6.45) is 4.16. The highest BCUT2D eigenvalue weighted by Gasteiger charge is 2.29. The number of anilines is 1. The Labute approximate surface area is 114 Å². The highest BCUT2D eigenvalue weighted by atomic mass is 32.1. The van der Waals surface area contributed by atoms with Gasteiger partial charge in [-0.3, -0.25) is 4.79 Å². The summed E-state index contributed by atoms with van der Waals surface area (Å²) in [5.74, 6) is -0.383. The minimum atomic E-state index is -0.774. The number of carboxylic acids is 1. The van der Waals surface area contributed by atoms with Crippen LogP contribution in [0.4, 0.5) is 5.13 Å². The minimum absolute atomic E-state index is 0.445. The van der Waals surface area contributed by atoms with Crippen LogP contribution in [0.15, 0.2) is 22.8 Å². The summed E-state index contributed by atoms with van der Waals surface area (Å²) in [5, 5.41) is 13.2. The second kappa shape index (κ2) is 5.05. The zero-order valence-electron chi connectivity index (χ0n) is 10.3. The van der Waals surface area contributed by atoms with Gasteiger partial charge >= 0.3 is 5.97 Å². The molecule has 0 spiro atoms. The lowest BCUT2D eigenvalue weighted by Gasteiger charge is -2.16. The van der Waals surface area contributed by atoms with Gasteiger partial charge in [-0.1, -0.05) is 0 Å². The number of thiazole rings is 1. The second-order valence-corrected chi connectivity index (χ2v) is 5.63. The van der Waals surface area contributed by atoms with E-state index in [1.807, 2.05) is 12.1 Å². The first-order valence-electron chi connectivity index (χ1n) is 6.22. The Kier molecular flexibility index (Phi) is 3.25. The molecule has 2 aromatic rings. The monoisotopic (exact) mass is 278 g/mol. The average molecular weight is 278 g/mol. The van der Waals surface area contributed by atoms with Gasteiger partial charge in [0.25, 0.3) is 0 Å². The summed E-state index contributed by atoms with van der Waals surface area (Å²) < 4.78 is 5.24. The predicted octanol–water partition coefficient (Wildman–Crippen LogP) is 2.85. The smallest absolute Gasteiger partial charge is 0.312 e. The van der Waals surface area contributed by atoms with Crippen molar-refractivity contribution in [1.29, 1.82) is 0 Å². The average Bonchev–Trinajstić information content (AvgIpc) is 3.04. The normalized spacial score (nSPS) is 18.0. The van der Waals surface area contributed by atoms with Crippen molar-refractivity contribution in [3.05, 3.63) is 34.7 Å². The number of furan rings is 1.